The molecule has 0 aliphatic heterocycles. The Balaban J connectivity index is 2.62. The first kappa shape index (κ1) is 13.1. The van der Waals surface area contributed by atoms with Gasteiger partial charge in [-0.05, 0) is 12.3 Å². The summed E-state index contributed by atoms with van der Waals surface area (Å²) in [4.78, 5) is 19.5. The number of nitrogens with one attached hydrogen (secondary N) is 1. The van der Waals surface area contributed by atoms with Gasteiger partial charge in [-0.25, -0.2) is 9.97 Å². The number of aromatic nitrogens is 2. The van der Waals surface area contributed by atoms with Gasteiger partial charge in [-0.15, -0.1) is 0 Å². The highest BCUT2D eigenvalue weighted by atomic mass is 79.9. The Morgan fingerprint density at radius 1 is 1.44 bits per heavy atom. The molecular weight excluding hydrogens is 270 g/mol. The van der Waals surface area contributed by atoms with Crippen LogP contribution in [0.2, 0.25) is 0 Å². The first-order valence-corrected chi connectivity index (χ1v) is 6.39. The van der Waals surface area contributed by atoms with Crippen molar-refractivity contribution in [2.75, 3.05) is 5.33 Å². The number of carbonyl (C=O) groups excluding carboxylic acids is 1. The van der Waals surface area contributed by atoms with E-state index in [1.165, 1.54) is 18.7 Å². The molecule has 1 heterocycles. The lowest BCUT2D eigenvalue weighted by molar-refractivity contribution is 0.0924. The third-order valence-corrected chi connectivity index (χ3v) is 2.82. The summed E-state index contributed by atoms with van der Waals surface area (Å²) in [5.41, 5.74) is 0.503. The molecule has 0 spiro atoms. The van der Waals surface area contributed by atoms with Crippen LogP contribution < -0.4 is 5.32 Å². The van der Waals surface area contributed by atoms with Gasteiger partial charge in [0.05, 0.1) is 5.56 Å². The van der Waals surface area contributed by atoms with Crippen molar-refractivity contribution in [3.8, 4) is 0 Å². The molecule has 1 amide bonds. The summed E-state index contributed by atoms with van der Waals surface area (Å²) in [6.45, 7) is 4.18. The zero-order valence-corrected chi connectivity index (χ0v) is 11.1. The number of hydrogen-bond donors (Lipinski definition) is 1. The maximum Gasteiger partial charge on any atom is 0.254 e. The fourth-order valence-corrected chi connectivity index (χ4v) is 1.85. The van der Waals surface area contributed by atoms with Crippen molar-refractivity contribution in [3.05, 3.63) is 24.3 Å². The molecule has 1 atom stereocenters. The van der Waals surface area contributed by atoms with Crippen LogP contribution in [0.3, 0.4) is 0 Å². The van der Waals surface area contributed by atoms with E-state index in [0.717, 1.165) is 11.8 Å². The Kier molecular flexibility index (Phi) is 5.38. The normalized spacial score (nSPS) is 12.5. The quantitative estimate of drug-likeness (QED) is 0.842. The topological polar surface area (TPSA) is 54.9 Å². The van der Waals surface area contributed by atoms with Crippen LogP contribution in [0.5, 0.6) is 0 Å². The van der Waals surface area contributed by atoms with Crippen LogP contribution in [0.4, 0.5) is 0 Å². The van der Waals surface area contributed by atoms with Crippen molar-refractivity contribution in [1.82, 2.24) is 15.3 Å². The molecule has 4 nitrogen and oxygen atoms in total. The molecule has 0 aromatic carbocycles. The predicted octanol–water partition coefficient (Wildman–Crippen LogP) is 2.02. The zero-order chi connectivity index (χ0) is 12.0. The summed E-state index contributed by atoms with van der Waals surface area (Å²) >= 11 is 3.39. The molecule has 0 saturated heterocycles. The highest BCUT2D eigenvalue weighted by molar-refractivity contribution is 9.09. The van der Waals surface area contributed by atoms with Crippen molar-refractivity contribution in [3.63, 3.8) is 0 Å². The number of alkyl halides is 1. The van der Waals surface area contributed by atoms with E-state index in [1.807, 2.05) is 0 Å². The Morgan fingerprint density at radius 2 is 2.06 bits per heavy atom. The lowest BCUT2D eigenvalue weighted by Crippen LogP contribution is -2.38. The Morgan fingerprint density at radius 3 is 2.56 bits per heavy atom. The number of amides is 1. The average Bonchev–Trinajstić information content (AvgIpc) is 2.29. The van der Waals surface area contributed by atoms with E-state index >= 15 is 0 Å². The highest BCUT2D eigenvalue weighted by Crippen LogP contribution is 2.08. The van der Waals surface area contributed by atoms with E-state index in [1.54, 1.807) is 0 Å². The van der Waals surface area contributed by atoms with Crippen molar-refractivity contribution < 1.29 is 4.79 Å². The molecule has 5 heteroatoms. The van der Waals surface area contributed by atoms with Crippen molar-refractivity contribution >= 4 is 21.8 Å². The second-order valence-corrected chi connectivity index (χ2v) is 4.72. The smallest absolute Gasteiger partial charge is 0.254 e. The molecule has 0 fully saturated rings. The molecule has 0 bridgehead atoms. The molecule has 1 unspecified atom stereocenters. The van der Waals surface area contributed by atoms with E-state index in [-0.39, 0.29) is 11.9 Å². The minimum absolute atomic E-state index is 0.111. The lowest BCUT2D eigenvalue weighted by atomic mass is 10.0. The molecule has 0 saturated carbocycles. The van der Waals surface area contributed by atoms with Gasteiger partial charge in [0.2, 0.25) is 0 Å². The van der Waals surface area contributed by atoms with E-state index in [9.17, 15) is 4.79 Å². The lowest BCUT2D eigenvalue weighted by Gasteiger charge is -2.21. The van der Waals surface area contributed by atoms with Gasteiger partial charge in [0, 0.05) is 23.8 Å². The van der Waals surface area contributed by atoms with Crippen LogP contribution in [0.1, 0.15) is 30.6 Å². The van der Waals surface area contributed by atoms with Crippen LogP contribution in [0.25, 0.3) is 0 Å². The summed E-state index contributed by atoms with van der Waals surface area (Å²) in [6.07, 6.45) is 5.37. The largest absolute Gasteiger partial charge is 0.349 e. The zero-order valence-electron chi connectivity index (χ0n) is 9.48. The maximum absolute atomic E-state index is 11.8. The summed E-state index contributed by atoms with van der Waals surface area (Å²) in [7, 11) is 0. The van der Waals surface area contributed by atoms with Gasteiger partial charge in [0.1, 0.15) is 6.33 Å². The minimum atomic E-state index is -0.111. The molecule has 1 N–H and O–H groups in total. The van der Waals surface area contributed by atoms with E-state index < -0.39 is 0 Å². The number of carbonyl (C=O) groups is 1. The Labute approximate surface area is 104 Å². The number of hydrogen-bond acceptors (Lipinski definition) is 3. The molecule has 0 aliphatic carbocycles. The third-order valence-electron chi connectivity index (χ3n) is 2.36. The monoisotopic (exact) mass is 285 g/mol. The summed E-state index contributed by atoms with van der Waals surface area (Å²) in [5, 5.41) is 3.86. The second-order valence-electron chi connectivity index (χ2n) is 3.93. The van der Waals surface area contributed by atoms with E-state index in [2.05, 4.69) is 45.1 Å². The second kappa shape index (κ2) is 6.58. The maximum atomic E-state index is 11.8. The fraction of sp³-hybridized carbons (Fsp3) is 0.545. The van der Waals surface area contributed by atoms with Gasteiger partial charge in [-0.1, -0.05) is 29.8 Å². The van der Waals surface area contributed by atoms with E-state index in [4.69, 9.17) is 0 Å². The van der Waals surface area contributed by atoms with Crippen LogP contribution in [0.15, 0.2) is 18.7 Å². The molecule has 0 aliphatic rings. The van der Waals surface area contributed by atoms with Crippen LogP contribution in [-0.4, -0.2) is 27.2 Å². The van der Waals surface area contributed by atoms with Gasteiger partial charge in [-0.2, -0.15) is 0 Å². The van der Waals surface area contributed by atoms with Crippen LogP contribution in [0, 0.1) is 5.92 Å². The standard InChI is InChI=1S/C11H16BrN3O/c1-8(2)10(3-4-12)15-11(16)9-5-13-7-14-6-9/h5-8,10H,3-4H2,1-2H3,(H,15,16). The Hall–Kier alpha value is -0.970. The molecule has 1 aromatic rings. The van der Waals surface area contributed by atoms with Crippen LogP contribution in [-0.2, 0) is 0 Å². The first-order chi connectivity index (χ1) is 7.65. The average molecular weight is 286 g/mol. The molecular formula is C11H16BrN3O. The van der Waals surface area contributed by atoms with E-state index in [0.29, 0.717) is 11.5 Å². The predicted molar refractivity (Wildman–Crippen MR) is 66.5 cm³/mol. The molecule has 0 radical (unpaired) electrons. The molecule has 1 rings (SSSR count). The summed E-state index contributed by atoms with van der Waals surface area (Å²) in [5.74, 6) is 0.298. The first-order valence-electron chi connectivity index (χ1n) is 5.27. The summed E-state index contributed by atoms with van der Waals surface area (Å²) in [6, 6.07) is 0.173. The van der Waals surface area contributed by atoms with Gasteiger partial charge >= 0.3 is 0 Å². The van der Waals surface area contributed by atoms with Crippen LogP contribution >= 0.6 is 15.9 Å². The molecule has 16 heavy (non-hydrogen) atoms. The fourth-order valence-electron chi connectivity index (χ4n) is 1.36. The Bertz CT molecular complexity index is 329. The number of nitrogens with zero attached hydrogens (tertiary/aromatic N) is 2. The van der Waals surface area contributed by atoms with Gasteiger partial charge in [0.15, 0.2) is 0 Å². The van der Waals surface area contributed by atoms with Crippen molar-refractivity contribution in [2.24, 2.45) is 5.92 Å². The number of halogens is 1. The van der Waals surface area contributed by atoms with Crippen molar-refractivity contribution in [2.45, 2.75) is 26.3 Å². The van der Waals surface area contributed by atoms with Crippen molar-refractivity contribution in [1.29, 1.82) is 0 Å². The number of rotatable bonds is 5. The molecule has 88 valence electrons. The highest BCUT2D eigenvalue weighted by Gasteiger charge is 2.16. The SMILES string of the molecule is CC(C)C(CCBr)NC(=O)c1cncnc1. The van der Waals surface area contributed by atoms with Gasteiger partial charge in [0.25, 0.3) is 5.91 Å². The van der Waals surface area contributed by atoms with Gasteiger partial charge < -0.3 is 5.32 Å². The molecule has 1 aromatic heterocycles. The van der Waals surface area contributed by atoms with Gasteiger partial charge in [-0.3, -0.25) is 4.79 Å². The minimum Gasteiger partial charge on any atom is -0.349 e. The third kappa shape index (κ3) is 3.89. The summed E-state index contributed by atoms with van der Waals surface area (Å²) < 4.78 is 0.